The second-order valence-corrected chi connectivity index (χ2v) is 8.38. The minimum atomic E-state index is -4.74. The molecule has 0 fully saturated rings. The summed E-state index contributed by atoms with van der Waals surface area (Å²) in [5.74, 6) is -0.156. The molecule has 1 heterocycles. The number of hydrogen-bond donors (Lipinski definition) is 3. The normalized spacial score (nSPS) is 12.2. The van der Waals surface area contributed by atoms with Gasteiger partial charge < -0.3 is 0 Å². The van der Waals surface area contributed by atoms with Gasteiger partial charge in [-0.1, -0.05) is 15.9 Å². The van der Waals surface area contributed by atoms with Crippen LogP contribution >= 0.6 is 15.9 Å². The maximum atomic E-state index is 13.2. The zero-order valence-electron chi connectivity index (χ0n) is 14.1. The number of halogens is 4. The van der Waals surface area contributed by atoms with Gasteiger partial charge in [0, 0.05) is 10.0 Å². The van der Waals surface area contributed by atoms with Crippen molar-refractivity contribution in [1.29, 1.82) is 0 Å². The van der Waals surface area contributed by atoms with Crippen LogP contribution < -0.4 is 10.4 Å². The Balaban J connectivity index is 2.07. The minimum Gasteiger partial charge on any atom is -0.289 e. The van der Waals surface area contributed by atoms with Crippen LogP contribution in [0.5, 0.6) is 0 Å². The van der Waals surface area contributed by atoms with E-state index >= 15 is 0 Å². The van der Waals surface area contributed by atoms with Gasteiger partial charge in [-0.25, -0.2) is 18.3 Å². The molecule has 0 saturated heterocycles. The smallest absolute Gasteiger partial charge is 0.289 e. The average molecular weight is 477 g/mol. The molecule has 0 saturated carbocycles. The Labute approximate surface area is 165 Å². The molecule has 3 rings (SSSR count). The summed E-state index contributed by atoms with van der Waals surface area (Å²) >= 11 is 3.25. The summed E-state index contributed by atoms with van der Waals surface area (Å²) in [5, 5.41) is 5.63. The van der Waals surface area contributed by atoms with Crippen molar-refractivity contribution in [3.05, 3.63) is 62.5 Å². The average Bonchev–Trinajstić information content (AvgIpc) is 3.02. The lowest BCUT2D eigenvalue weighted by molar-refractivity contribution is -0.137. The molecule has 0 amide bonds. The van der Waals surface area contributed by atoms with Crippen molar-refractivity contribution in [1.82, 2.24) is 15.2 Å². The molecule has 1 aromatic heterocycles. The van der Waals surface area contributed by atoms with Gasteiger partial charge in [-0.05, 0) is 48.9 Å². The molecule has 0 atom stereocenters. The Kier molecular flexibility index (Phi) is 5.10. The van der Waals surface area contributed by atoms with Crippen LogP contribution in [0.3, 0.4) is 0 Å². The SMILES string of the molecule is Cc1cc(S(=O)(=O)Nc2cc(-c3n[nH]c(=O)[nH]3)cc(C(F)(F)F)c2)ccc1Br. The number of nitrogens with one attached hydrogen (secondary N) is 3. The zero-order chi connectivity index (χ0) is 20.7. The number of aryl methyl sites for hydroxylation is 1. The maximum Gasteiger partial charge on any atom is 0.416 e. The third-order valence-corrected chi connectivity index (χ3v) is 6.00. The predicted octanol–water partition coefficient (Wildman–Crippen LogP) is 3.66. The van der Waals surface area contributed by atoms with E-state index in [4.69, 9.17) is 0 Å². The first kappa shape index (κ1) is 20.1. The van der Waals surface area contributed by atoms with Gasteiger partial charge in [0.25, 0.3) is 10.0 Å². The number of aromatic nitrogens is 3. The molecular formula is C16H12BrF3N4O3S. The van der Waals surface area contributed by atoms with Gasteiger partial charge in [0.05, 0.1) is 16.1 Å². The predicted molar refractivity (Wildman–Crippen MR) is 99.3 cm³/mol. The number of rotatable bonds is 4. The van der Waals surface area contributed by atoms with E-state index in [-0.39, 0.29) is 22.0 Å². The standard InChI is InChI=1S/C16H12BrF3N4O3S/c1-8-4-12(2-3-13(8)17)28(26,27)24-11-6-9(14-21-15(25)23-22-14)5-10(7-11)16(18,19)20/h2-7,24H,1H3,(H2,21,22,23,25). The van der Waals surface area contributed by atoms with Gasteiger partial charge in [0.15, 0.2) is 5.82 Å². The highest BCUT2D eigenvalue weighted by Crippen LogP contribution is 2.34. The van der Waals surface area contributed by atoms with E-state index in [9.17, 15) is 26.4 Å². The molecule has 0 spiro atoms. The molecule has 12 heteroatoms. The molecule has 0 aliphatic carbocycles. The third-order valence-electron chi connectivity index (χ3n) is 3.73. The molecular weight excluding hydrogens is 465 g/mol. The molecule has 0 unspecified atom stereocenters. The van der Waals surface area contributed by atoms with Crippen LogP contribution in [0.25, 0.3) is 11.4 Å². The van der Waals surface area contributed by atoms with Gasteiger partial charge >= 0.3 is 11.9 Å². The first-order valence-corrected chi connectivity index (χ1v) is 9.90. The Morgan fingerprint density at radius 1 is 1.14 bits per heavy atom. The number of H-pyrrole nitrogens is 2. The summed E-state index contributed by atoms with van der Waals surface area (Å²) in [7, 11) is -4.15. The van der Waals surface area contributed by atoms with E-state index in [0.717, 1.165) is 12.1 Å². The Bertz CT molecular complexity index is 1200. The fourth-order valence-corrected chi connectivity index (χ4v) is 3.76. The van der Waals surface area contributed by atoms with Crippen molar-refractivity contribution >= 4 is 31.6 Å². The number of sulfonamides is 1. The topological polar surface area (TPSA) is 108 Å². The number of nitrogens with zero attached hydrogens (tertiary/aromatic N) is 1. The second-order valence-electron chi connectivity index (χ2n) is 5.84. The van der Waals surface area contributed by atoms with Crippen molar-refractivity contribution in [3.63, 3.8) is 0 Å². The van der Waals surface area contributed by atoms with Crippen LogP contribution in [0.15, 0.2) is 50.6 Å². The van der Waals surface area contributed by atoms with E-state index in [2.05, 4.69) is 30.7 Å². The summed E-state index contributed by atoms with van der Waals surface area (Å²) in [6, 6.07) is 6.79. The molecule has 3 aromatic rings. The van der Waals surface area contributed by atoms with E-state index in [1.54, 1.807) is 6.92 Å². The highest BCUT2D eigenvalue weighted by atomic mass is 79.9. The van der Waals surface area contributed by atoms with Gasteiger partial charge in [-0.15, -0.1) is 0 Å². The maximum absolute atomic E-state index is 13.2. The molecule has 0 radical (unpaired) electrons. The van der Waals surface area contributed by atoms with Gasteiger partial charge in [0.2, 0.25) is 0 Å². The van der Waals surface area contributed by atoms with Crippen molar-refractivity contribution in [3.8, 4) is 11.4 Å². The minimum absolute atomic E-state index is 0.111. The van der Waals surface area contributed by atoms with Gasteiger partial charge in [-0.3, -0.25) is 9.71 Å². The molecule has 0 aliphatic heterocycles. The molecule has 0 aliphatic rings. The zero-order valence-corrected chi connectivity index (χ0v) is 16.5. The number of anilines is 1. The number of benzene rings is 2. The van der Waals surface area contributed by atoms with Crippen LogP contribution in [-0.4, -0.2) is 23.6 Å². The van der Waals surface area contributed by atoms with Crippen molar-refractivity contribution in [2.45, 2.75) is 18.0 Å². The fraction of sp³-hybridized carbons (Fsp3) is 0.125. The summed E-state index contributed by atoms with van der Waals surface area (Å²) in [6.07, 6.45) is -4.74. The van der Waals surface area contributed by atoms with E-state index in [1.807, 2.05) is 5.10 Å². The lowest BCUT2D eigenvalue weighted by Crippen LogP contribution is -2.14. The second kappa shape index (κ2) is 7.09. The van der Waals surface area contributed by atoms with E-state index in [0.29, 0.717) is 16.1 Å². The Morgan fingerprint density at radius 2 is 1.86 bits per heavy atom. The van der Waals surface area contributed by atoms with Crippen LogP contribution in [0.1, 0.15) is 11.1 Å². The van der Waals surface area contributed by atoms with Crippen molar-refractivity contribution in [2.24, 2.45) is 0 Å². The van der Waals surface area contributed by atoms with Crippen LogP contribution in [0.4, 0.5) is 18.9 Å². The molecule has 28 heavy (non-hydrogen) atoms. The third kappa shape index (κ3) is 4.28. The van der Waals surface area contributed by atoms with Crippen LogP contribution in [-0.2, 0) is 16.2 Å². The summed E-state index contributed by atoms with van der Waals surface area (Å²) in [5.41, 5.74) is -1.60. The number of aromatic amines is 2. The van der Waals surface area contributed by atoms with Crippen molar-refractivity contribution < 1.29 is 21.6 Å². The van der Waals surface area contributed by atoms with Gasteiger partial charge in [0.1, 0.15) is 0 Å². The molecule has 0 bridgehead atoms. The summed E-state index contributed by atoms with van der Waals surface area (Å²) in [4.78, 5) is 13.3. The van der Waals surface area contributed by atoms with Crippen LogP contribution in [0.2, 0.25) is 0 Å². The van der Waals surface area contributed by atoms with Crippen molar-refractivity contribution in [2.75, 3.05) is 4.72 Å². The monoisotopic (exact) mass is 476 g/mol. The van der Waals surface area contributed by atoms with E-state index < -0.39 is 27.5 Å². The Hall–Kier alpha value is -2.60. The fourth-order valence-electron chi connectivity index (χ4n) is 2.39. The number of alkyl halides is 3. The lowest BCUT2D eigenvalue weighted by Gasteiger charge is -2.14. The van der Waals surface area contributed by atoms with E-state index in [1.165, 1.54) is 18.2 Å². The number of hydrogen-bond acceptors (Lipinski definition) is 4. The highest BCUT2D eigenvalue weighted by molar-refractivity contribution is 9.10. The Morgan fingerprint density at radius 3 is 2.43 bits per heavy atom. The first-order valence-electron chi connectivity index (χ1n) is 7.62. The largest absolute Gasteiger partial charge is 0.416 e. The summed E-state index contributed by atoms with van der Waals surface area (Å²) < 4.78 is 67.7. The first-order chi connectivity index (χ1) is 13.0. The van der Waals surface area contributed by atoms with Gasteiger partial charge in [-0.2, -0.15) is 18.3 Å². The lowest BCUT2D eigenvalue weighted by atomic mass is 10.1. The van der Waals surface area contributed by atoms with Crippen LogP contribution in [0, 0.1) is 6.92 Å². The quantitative estimate of drug-likeness (QED) is 0.533. The highest BCUT2D eigenvalue weighted by Gasteiger charge is 2.32. The summed E-state index contributed by atoms with van der Waals surface area (Å²) in [6.45, 7) is 1.68. The molecule has 7 nitrogen and oxygen atoms in total. The molecule has 3 N–H and O–H groups in total. The molecule has 148 valence electrons. The molecule has 2 aromatic carbocycles.